The van der Waals surface area contributed by atoms with Gasteiger partial charge in [-0.2, -0.15) is 5.10 Å². The Labute approximate surface area is 140 Å². The van der Waals surface area contributed by atoms with Crippen LogP contribution < -0.4 is 9.46 Å². The zero-order chi connectivity index (χ0) is 17.2. The Hall–Kier alpha value is -2.80. The van der Waals surface area contributed by atoms with E-state index in [2.05, 4.69) is 9.82 Å². The van der Waals surface area contributed by atoms with Crippen LogP contribution in [-0.2, 0) is 10.0 Å². The number of hydrogen-bond donors (Lipinski definition) is 1. The predicted octanol–water partition coefficient (Wildman–Crippen LogP) is 2.99. The van der Waals surface area contributed by atoms with E-state index in [1.807, 2.05) is 19.1 Å². The molecule has 3 aromatic rings. The lowest BCUT2D eigenvalue weighted by molar-refractivity contribution is 0.414. The maximum atomic E-state index is 12.6. The molecular formula is C17H17N3O3S. The van der Waals surface area contributed by atoms with Gasteiger partial charge in [-0.3, -0.25) is 4.72 Å². The van der Waals surface area contributed by atoms with Crippen molar-refractivity contribution >= 4 is 15.7 Å². The van der Waals surface area contributed by atoms with Gasteiger partial charge in [0.05, 0.1) is 23.4 Å². The fourth-order valence-electron chi connectivity index (χ4n) is 2.29. The first-order valence-electron chi connectivity index (χ1n) is 7.27. The van der Waals surface area contributed by atoms with Gasteiger partial charge < -0.3 is 4.74 Å². The molecule has 0 aliphatic heterocycles. The summed E-state index contributed by atoms with van der Waals surface area (Å²) >= 11 is 0. The summed E-state index contributed by atoms with van der Waals surface area (Å²) in [5.74, 6) is 0.599. The van der Waals surface area contributed by atoms with Crippen LogP contribution in [0, 0.1) is 6.92 Å². The van der Waals surface area contributed by atoms with Gasteiger partial charge in [-0.25, -0.2) is 13.1 Å². The Morgan fingerprint density at radius 1 is 1.12 bits per heavy atom. The minimum Gasteiger partial charge on any atom is -0.497 e. The SMILES string of the molecule is COc1ccc(S(=O)(=O)Nc2ccc(C)cc2-n2cccn2)cc1. The summed E-state index contributed by atoms with van der Waals surface area (Å²) in [6.45, 7) is 1.94. The third kappa shape index (κ3) is 3.26. The van der Waals surface area contributed by atoms with E-state index in [4.69, 9.17) is 4.74 Å². The summed E-state index contributed by atoms with van der Waals surface area (Å²) in [7, 11) is -2.18. The van der Waals surface area contributed by atoms with Crippen molar-refractivity contribution in [1.29, 1.82) is 0 Å². The number of hydrogen-bond acceptors (Lipinski definition) is 4. The zero-order valence-corrected chi connectivity index (χ0v) is 14.1. The monoisotopic (exact) mass is 343 g/mol. The third-order valence-electron chi connectivity index (χ3n) is 3.52. The highest BCUT2D eigenvalue weighted by molar-refractivity contribution is 7.92. The molecule has 0 saturated carbocycles. The lowest BCUT2D eigenvalue weighted by Crippen LogP contribution is -2.15. The molecule has 0 bridgehead atoms. The molecular weight excluding hydrogens is 326 g/mol. The van der Waals surface area contributed by atoms with Crippen LogP contribution in [-0.4, -0.2) is 25.3 Å². The second-order valence-corrected chi connectivity index (χ2v) is 6.93. The van der Waals surface area contributed by atoms with Crippen molar-refractivity contribution < 1.29 is 13.2 Å². The molecule has 24 heavy (non-hydrogen) atoms. The first-order valence-corrected chi connectivity index (χ1v) is 8.75. The van der Waals surface area contributed by atoms with Crippen LogP contribution in [0.3, 0.4) is 0 Å². The lowest BCUT2D eigenvalue weighted by atomic mass is 10.2. The average molecular weight is 343 g/mol. The summed E-state index contributed by atoms with van der Waals surface area (Å²) in [5.41, 5.74) is 2.13. The number of aromatic nitrogens is 2. The van der Waals surface area contributed by atoms with Crippen LogP contribution in [0.5, 0.6) is 5.75 Å². The van der Waals surface area contributed by atoms with Crippen LogP contribution in [0.15, 0.2) is 65.8 Å². The van der Waals surface area contributed by atoms with Gasteiger partial charge in [0.25, 0.3) is 10.0 Å². The van der Waals surface area contributed by atoms with Gasteiger partial charge in [-0.1, -0.05) is 6.07 Å². The van der Waals surface area contributed by atoms with Gasteiger partial charge >= 0.3 is 0 Å². The molecule has 0 unspecified atom stereocenters. The Morgan fingerprint density at radius 3 is 2.50 bits per heavy atom. The first kappa shape index (κ1) is 16.1. The number of benzene rings is 2. The molecule has 0 atom stereocenters. The number of nitrogens with one attached hydrogen (secondary N) is 1. The minimum absolute atomic E-state index is 0.162. The van der Waals surface area contributed by atoms with Gasteiger partial charge in [0.1, 0.15) is 5.75 Å². The van der Waals surface area contributed by atoms with Crippen LogP contribution in [0.1, 0.15) is 5.56 Å². The molecule has 2 aromatic carbocycles. The molecule has 0 saturated heterocycles. The quantitative estimate of drug-likeness (QED) is 0.773. The summed E-state index contributed by atoms with van der Waals surface area (Å²) in [6, 6.07) is 13.5. The van der Waals surface area contributed by atoms with Crippen molar-refractivity contribution in [2.45, 2.75) is 11.8 Å². The summed E-state index contributed by atoms with van der Waals surface area (Å²) in [4.78, 5) is 0.162. The van der Waals surface area contributed by atoms with E-state index in [1.54, 1.807) is 41.3 Å². The van der Waals surface area contributed by atoms with Gasteiger partial charge in [-0.05, 0) is 55.0 Å². The van der Waals surface area contributed by atoms with Gasteiger partial charge in [-0.15, -0.1) is 0 Å². The molecule has 0 amide bonds. The van der Waals surface area contributed by atoms with E-state index in [9.17, 15) is 8.42 Å². The molecule has 124 valence electrons. The molecule has 0 aliphatic rings. The number of methoxy groups -OCH3 is 1. The van der Waals surface area contributed by atoms with Gasteiger partial charge in [0.2, 0.25) is 0 Å². The molecule has 1 aromatic heterocycles. The third-order valence-corrected chi connectivity index (χ3v) is 4.90. The summed E-state index contributed by atoms with van der Waals surface area (Å²) < 4.78 is 34.6. The number of rotatable bonds is 5. The van der Waals surface area contributed by atoms with Crippen molar-refractivity contribution in [3.8, 4) is 11.4 Å². The predicted molar refractivity (Wildman–Crippen MR) is 92.1 cm³/mol. The molecule has 3 rings (SSSR count). The molecule has 1 heterocycles. The van der Waals surface area contributed by atoms with Crippen LogP contribution in [0.4, 0.5) is 5.69 Å². The highest BCUT2D eigenvalue weighted by Gasteiger charge is 2.17. The Morgan fingerprint density at radius 2 is 1.88 bits per heavy atom. The van der Waals surface area contributed by atoms with Gasteiger partial charge in [0, 0.05) is 12.4 Å². The fourth-order valence-corrected chi connectivity index (χ4v) is 3.36. The van der Waals surface area contributed by atoms with E-state index in [0.717, 1.165) is 5.56 Å². The molecule has 7 heteroatoms. The van der Waals surface area contributed by atoms with Crippen molar-refractivity contribution in [3.63, 3.8) is 0 Å². The molecule has 1 N–H and O–H groups in total. The maximum absolute atomic E-state index is 12.6. The van der Waals surface area contributed by atoms with Crippen molar-refractivity contribution in [2.24, 2.45) is 0 Å². The standard InChI is InChI=1S/C17H17N3O3S/c1-13-4-9-16(17(12-13)20-11-3-10-18-20)19-24(21,22)15-7-5-14(23-2)6-8-15/h3-12,19H,1-2H3. The molecule has 0 fully saturated rings. The Kier molecular flexibility index (Phi) is 4.26. The van der Waals surface area contributed by atoms with Crippen molar-refractivity contribution in [3.05, 3.63) is 66.5 Å². The number of ether oxygens (including phenoxy) is 1. The average Bonchev–Trinajstić information content (AvgIpc) is 3.11. The van der Waals surface area contributed by atoms with Crippen molar-refractivity contribution in [1.82, 2.24) is 9.78 Å². The van der Waals surface area contributed by atoms with Crippen LogP contribution in [0.25, 0.3) is 5.69 Å². The minimum atomic E-state index is -3.71. The van der Waals surface area contributed by atoms with Crippen LogP contribution in [0.2, 0.25) is 0 Å². The van der Waals surface area contributed by atoms with E-state index in [-0.39, 0.29) is 4.90 Å². The van der Waals surface area contributed by atoms with E-state index in [0.29, 0.717) is 17.1 Å². The topological polar surface area (TPSA) is 73.2 Å². The molecule has 0 radical (unpaired) electrons. The Bertz CT molecular complexity index is 934. The van der Waals surface area contributed by atoms with E-state index in [1.165, 1.54) is 19.2 Å². The van der Waals surface area contributed by atoms with E-state index < -0.39 is 10.0 Å². The van der Waals surface area contributed by atoms with E-state index >= 15 is 0 Å². The number of aryl methyl sites for hydroxylation is 1. The van der Waals surface area contributed by atoms with Gasteiger partial charge in [0.15, 0.2) is 0 Å². The number of sulfonamides is 1. The molecule has 6 nitrogen and oxygen atoms in total. The normalized spacial score (nSPS) is 11.2. The number of anilines is 1. The molecule has 0 spiro atoms. The maximum Gasteiger partial charge on any atom is 0.261 e. The highest BCUT2D eigenvalue weighted by Crippen LogP contribution is 2.25. The second-order valence-electron chi connectivity index (χ2n) is 5.25. The molecule has 0 aliphatic carbocycles. The summed E-state index contributed by atoms with van der Waals surface area (Å²) in [5, 5.41) is 4.18. The zero-order valence-electron chi connectivity index (χ0n) is 13.3. The second kappa shape index (κ2) is 6.37. The lowest BCUT2D eigenvalue weighted by Gasteiger charge is -2.14. The first-order chi connectivity index (χ1) is 11.5. The number of nitrogens with zero attached hydrogens (tertiary/aromatic N) is 2. The smallest absolute Gasteiger partial charge is 0.261 e. The summed E-state index contributed by atoms with van der Waals surface area (Å²) in [6.07, 6.45) is 3.41. The Balaban J connectivity index is 1.98. The van der Waals surface area contributed by atoms with Crippen molar-refractivity contribution in [2.75, 3.05) is 11.8 Å². The largest absolute Gasteiger partial charge is 0.497 e. The van der Waals surface area contributed by atoms with Crippen LogP contribution >= 0.6 is 0 Å². The highest BCUT2D eigenvalue weighted by atomic mass is 32.2. The fraction of sp³-hybridized carbons (Fsp3) is 0.118.